The van der Waals surface area contributed by atoms with E-state index in [1.165, 1.54) is 25.7 Å². The molecular formula is C11H22N2O. The highest BCUT2D eigenvalue weighted by atomic mass is 16.3. The van der Waals surface area contributed by atoms with Gasteiger partial charge in [0.25, 0.3) is 0 Å². The van der Waals surface area contributed by atoms with E-state index in [9.17, 15) is 5.11 Å². The molecular weight excluding hydrogens is 176 g/mol. The van der Waals surface area contributed by atoms with Crippen molar-refractivity contribution < 1.29 is 5.11 Å². The van der Waals surface area contributed by atoms with Crippen LogP contribution in [0.3, 0.4) is 0 Å². The fourth-order valence-electron chi connectivity index (χ4n) is 2.92. The van der Waals surface area contributed by atoms with Crippen LogP contribution in [0.1, 0.15) is 32.6 Å². The molecule has 82 valence electrons. The molecule has 0 aromatic carbocycles. The third kappa shape index (κ3) is 2.10. The van der Waals surface area contributed by atoms with E-state index < -0.39 is 0 Å². The van der Waals surface area contributed by atoms with Gasteiger partial charge in [-0.05, 0) is 39.7 Å². The second kappa shape index (κ2) is 4.17. The molecule has 0 aliphatic carbocycles. The Labute approximate surface area is 86.5 Å². The lowest BCUT2D eigenvalue weighted by Crippen LogP contribution is -2.48. The van der Waals surface area contributed by atoms with E-state index >= 15 is 0 Å². The topological polar surface area (TPSA) is 35.5 Å². The number of hydrogen-bond donors (Lipinski definition) is 2. The number of aliphatic hydroxyl groups excluding tert-OH is 1. The van der Waals surface area contributed by atoms with Crippen LogP contribution in [0.4, 0.5) is 0 Å². The fraction of sp³-hybridized carbons (Fsp3) is 1.00. The van der Waals surface area contributed by atoms with Crippen LogP contribution in [0.25, 0.3) is 0 Å². The Morgan fingerprint density at radius 2 is 1.93 bits per heavy atom. The monoisotopic (exact) mass is 198 g/mol. The molecule has 0 aromatic heterocycles. The Hall–Kier alpha value is -0.120. The van der Waals surface area contributed by atoms with Gasteiger partial charge in [-0.3, -0.25) is 0 Å². The first-order valence-corrected chi connectivity index (χ1v) is 5.80. The van der Waals surface area contributed by atoms with E-state index in [-0.39, 0.29) is 6.10 Å². The maximum Gasteiger partial charge on any atom is 0.0636 e. The summed E-state index contributed by atoms with van der Waals surface area (Å²) in [6.45, 7) is 2.59. The van der Waals surface area contributed by atoms with Crippen molar-refractivity contribution in [2.45, 2.75) is 56.8 Å². The Kier molecular flexibility index (Phi) is 3.10. The average molecular weight is 198 g/mol. The van der Waals surface area contributed by atoms with E-state index in [0.29, 0.717) is 6.04 Å². The van der Waals surface area contributed by atoms with Gasteiger partial charge in [0.15, 0.2) is 0 Å². The summed E-state index contributed by atoms with van der Waals surface area (Å²) in [5, 5.41) is 12.7. The first-order valence-electron chi connectivity index (χ1n) is 5.80. The predicted octanol–water partition coefficient (Wildman–Crippen LogP) is 0.582. The number of nitrogens with zero attached hydrogens (tertiary/aromatic N) is 1. The summed E-state index contributed by atoms with van der Waals surface area (Å²) in [6.07, 6.45) is 5.05. The molecule has 3 atom stereocenters. The molecule has 2 saturated heterocycles. The Morgan fingerprint density at radius 1 is 1.36 bits per heavy atom. The van der Waals surface area contributed by atoms with Crippen LogP contribution in [0, 0.1) is 0 Å². The molecule has 0 amide bonds. The highest BCUT2D eigenvalue weighted by Crippen LogP contribution is 2.33. The third-order valence-corrected chi connectivity index (χ3v) is 3.80. The standard InChI is InChI=1S/C11H22N2O/c1-8(14)7-12-9-5-10-3-4-11(6-9)13(10)2/h8-12,14H,3-7H2,1-2H3. The Bertz CT molecular complexity index is 182. The van der Waals surface area contributed by atoms with Crippen molar-refractivity contribution in [1.82, 2.24) is 10.2 Å². The molecule has 2 bridgehead atoms. The van der Waals surface area contributed by atoms with Gasteiger partial charge >= 0.3 is 0 Å². The number of piperidine rings is 1. The number of aliphatic hydroxyl groups is 1. The number of nitrogens with one attached hydrogen (secondary N) is 1. The first kappa shape index (κ1) is 10.4. The van der Waals surface area contributed by atoms with E-state index in [4.69, 9.17) is 0 Å². The van der Waals surface area contributed by atoms with Crippen LogP contribution >= 0.6 is 0 Å². The summed E-state index contributed by atoms with van der Waals surface area (Å²) >= 11 is 0. The van der Waals surface area contributed by atoms with E-state index in [1.54, 1.807) is 0 Å². The quantitative estimate of drug-likeness (QED) is 0.696. The minimum atomic E-state index is -0.215. The van der Waals surface area contributed by atoms with Gasteiger partial charge in [-0.2, -0.15) is 0 Å². The lowest BCUT2D eigenvalue weighted by Gasteiger charge is -2.36. The van der Waals surface area contributed by atoms with Crippen LogP contribution in [-0.4, -0.2) is 47.8 Å². The van der Waals surface area contributed by atoms with Gasteiger partial charge in [0.1, 0.15) is 0 Å². The third-order valence-electron chi connectivity index (χ3n) is 3.80. The van der Waals surface area contributed by atoms with Crippen molar-refractivity contribution in [2.24, 2.45) is 0 Å². The van der Waals surface area contributed by atoms with Gasteiger partial charge in [-0.1, -0.05) is 0 Å². The van der Waals surface area contributed by atoms with E-state index in [0.717, 1.165) is 18.6 Å². The van der Waals surface area contributed by atoms with Crippen LogP contribution in [-0.2, 0) is 0 Å². The highest BCUT2D eigenvalue weighted by molar-refractivity contribution is 4.95. The second-order valence-electron chi connectivity index (χ2n) is 4.98. The molecule has 3 unspecified atom stereocenters. The largest absolute Gasteiger partial charge is 0.392 e. The number of fused-ring (bicyclic) bond motifs is 2. The van der Waals surface area contributed by atoms with Gasteiger partial charge in [0.2, 0.25) is 0 Å². The molecule has 0 spiro atoms. The molecule has 14 heavy (non-hydrogen) atoms. The Morgan fingerprint density at radius 3 is 2.43 bits per heavy atom. The van der Waals surface area contributed by atoms with Crippen molar-refractivity contribution in [2.75, 3.05) is 13.6 Å². The maximum atomic E-state index is 9.21. The molecule has 2 fully saturated rings. The summed E-state index contributed by atoms with van der Waals surface area (Å²) in [7, 11) is 2.26. The van der Waals surface area contributed by atoms with Gasteiger partial charge in [-0.15, -0.1) is 0 Å². The molecule has 2 rings (SSSR count). The lowest BCUT2D eigenvalue weighted by molar-refractivity contribution is 0.133. The molecule has 2 aliphatic rings. The van der Waals surface area contributed by atoms with Crippen LogP contribution in [0.2, 0.25) is 0 Å². The summed E-state index contributed by atoms with van der Waals surface area (Å²) in [6, 6.07) is 2.22. The van der Waals surface area contributed by atoms with Crippen molar-refractivity contribution in [3.63, 3.8) is 0 Å². The second-order valence-corrected chi connectivity index (χ2v) is 4.98. The maximum absolute atomic E-state index is 9.21. The van der Waals surface area contributed by atoms with Crippen molar-refractivity contribution in [3.05, 3.63) is 0 Å². The minimum absolute atomic E-state index is 0.215. The molecule has 0 aromatic rings. The van der Waals surface area contributed by atoms with E-state index in [1.807, 2.05) is 6.92 Å². The molecule has 2 aliphatic heterocycles. The van der Waals surface area contributed by atoms with Crippen molar-refractivity contribution in [3.8, 4) is 0 Å². The predicted molar refractivity (Wildman–Crippen MR) is 57.3 cm³/mol. The van der Waals surface area contributed by atoms with Crippen molar-refractivity contribution in [1.29, 1.82) is 0 Å². The summed E-state index contributed by atoms with van der Waals surface area (Å²) in [5.41, 5.74) is 0. The number of rotatable bonds is 3. The molecule has 0 radical (unpaired) electrons. The first-order chi connectivity index (χ1) is 6.66. The number of hydrogen-bond acceptors (Lipinski definition) is 3. The summed E-state index contributed by atoms with van der Waals surface area (Å²) in [5.74, 6) is 0. The lowest BCUT2D eigenvalue weighted by atomic mass is 9.98. The molecule has 3 heteroatoms. The molecule has 0 saturated carbocycles. The summed E-state index contributed by atoms with van der Waals surface area (Å²) in [4.78, 5) is 2.54. The van der Waals surface area contributed by atoms with Crippen LogP contribution in [0.5, 0.6) is 0 Å². The normalized spacial score (nSPS) is 40.1. The molecule has 2 N–H and O–H groups in total. The van der Waals surface area contributed by atoms with E-state index in [2.05, 4.69) is 17.3 Å². The van der Waals surface area contributed by atoms with Gasteiger partial charge in [-0.25, -0.2) is 0 Å². The van der Waals surface area contributed by atoms with Crippen LogP contribution < -0.4 is 5.32 Å². The minimum Gasteiger partial charge on any atom is -0.392 e. The molecule has 2 heterocycles. The zero-order valence-corrected chi connectivity index (χ0v) is 9.24. The van der Waals surface area contributed by atoms with Gasteiger partial charge in [0.05, 0.1) is 6.10 Å². The van der Waals surface area contributed by atoms with Crippen molar-refractivity contribution >= 4 is 0 Å². The van der Waals surface area contributed by atoms with Gasteiger partial charge in [0, 0.05) is 24.7 Å². The summed E-state index contributed by atoms with van der Waals surface area (Å²) < 4.78 is 0. The zero-order chi connectivity index (χ0) is 10.1. The van der Waals surface area contributed by atoms with Crippen LogP contribution in [0.15, 0.2) is 0 Å². The zero-order valence-electron chi connectivity index (χ0n) is 9.24. The Balaban J connectivity index is 1.81. The highest BCUT2D eigenvalue weighted by Gasteiger charge is 2.37. The van der Waals surface area contributed by atoms with Gasteiger partial charge < -0.3 is 15.3 Å². The fourth-order valence-corrected chi connectivity index (χ4v) is 2.92. The smallest absolute Gasteiger partial charge is 0.0636 e. The SMILES string of the molecule is CC(O)CNC1CC2CCC(C1)N2C. The average Bonchev–Trinajstić information content (AvgIpc) is 2.41. The molecule has 3 nitrogen and oxygen atoms in total.